The van der Waals surface area contributed by atoms with Gasteiger partial charge < -0.3 is 9.88 Å². The lowest BCUT2D eigenvalue weighted by Gasteiger charge is -2.32. The molecule has 3 rings (SSSR count). The van der Waals surface area contributed by atoms with Crippen molar-refractivity contribution >= 4 is 5.82 Å². The molecule has 1 saturated heterocycles. The highest BCUT2D eigenvalue weighted by atomic mass is 16.1. The largest absolute Gasteiger partial charge is 0.352 e. The number of piperidine rings is 1. The molecule has 0 aliphatic carbocycles. The molecule has 0 aromatic carbocycles. The summed E-state index contributed by atoms with van der Waals surface area (Å²) in [6.45, 7) is 8.42. The Hall–Kier alpha value is -2.44. The molecule has 1 fully saturated rings. The second-order valence-corrected chi connectivity index (χ2v) is 7.66. The van der Waals surface area contributed by atoms with E-state index in [0.29, 0.717) is 18.3 Å². The van der Waals surface area contributed by atoms with Gasteiger partial charge in [-0.15, -0.1) is 0 Å². The quantitative estimate of drug-likeness (QED) is 0.914. The number of anilines is 1. The van der Waals surface area contributed by atoms with E-state index < -0.39 is 0 Å². The highest BCUT2D eigenvalue weighted by molar-refractivity contribution is 5.35. The lowest BCUT2D eigenvalue weighted by molar-refractivity contribution is 0.329. The minimum absolute atomic E-state index is 0.0587. The van der Waals surface area contributed by atoms with Gasteiger partial charge >= 0.3 is 0 Å². The Bertz CT molecular complexity index is 841. The van der Waals surface area contributed by atoms with Crippen molar-refractivity contribution in [1.82, 2.24) is 19.7 Å². The Balaban J connectivity index is 1.68. The van der Waals surface area contributed by atoms with E-state index in [1.807, 2.05) is 11.0 Å². The molecule has 3 heterocycles. The van der Waals surface area contributed by atoms with E-state index >= 15 is 0 Å². The number of nitrogens with zero attached hydrogens (tertiary/aromatic N) is 4. The first-order valence-electron chi connectivity index (χ1n) is 8.72. The molecule has 0 radical (unpaired) electrons. The van der Waals surface area contributed by atoms with E-state index in [9.17, 15) is 9.59 Å². The highest BCUT2D eigenvalue weighted by Crippen LogP contribution is 2.22. The van der Waals surface area contributed by atoms with Crippen molar-refractivity contribution < 1.29 is 0 Å². The molecule has 1 N–H and O–H groups in total. The average Bonchev–Trinajstić information content (AvgIpc) is 2.57. The molecule has 7 heteroatoms. The second-order valence-electron chi connectivity index (χ2n) is 7.66. The third kappa shape index (κ3) is 3.97. The zero-order valence-corrected chi connectivity index (χ0v) is 15.0. The van der Waals surface area contributed by atoms with Gasteiger partial charge in [-0.05, 0) is 24.8 Å². The molecule has 0 amide bonds. The van der Waals surface area contributed by atoms with Crippen LogP contribution in [0.4, 0.5) is 5.82 Å². The fraction of sp³-hybridized carbons (Fsp3) is 0.556. The first-order chi connectivity index (χ1) is 11.8. The number of hydrogen-bond donors (Lipinski definition) is 1. The van der Waals surface area contributed by atoms with Gasteiger partial charge in [-0.1, -0.05) is 20.8 Å². The van der Waals surface area contributed by atoms with Crippen LogP contribution >= 0.6 is 0 Å². The number of aromatic nitrogens is 4. The third-order valence-electron chi connectivity index (χ3n) is 4.67. The zero-order valence-electron chi connectivity index (χ0n) is 15.0. The number of H-pyrrole nitrogens is 1. The van der Waals surface area contributed by atoms with Gasteiger partial charge in [-0.2, -0.15) is 5.10 Å². The number of aromatic amines is 1. The smallest absolute Gasteiger partial charge is 0.290 e. The van der Waals surface area contributed by atoms with Gasteiger partial charge in [0.25, 0.3) is 11.1 Å². The van der Waals surface area contributed by atoms with Gasteiger partial charge in [-0.25, -0.2) is 9.67 Å². The minimum atomic E-state index is -0.156. The Labute approximate surface area is 146 Å². The molecule has 0 spiro atoms. The summed E-state index contributed by atoms with van der Waals surface area (Å²) in [6.07, 6.45) is 4.96. The van der Waals surface area contributed by atoms with E-state index in [-0.39, 0.29) is 16.5 Å². The lowest BCUT2D eigenvalue weighted by Crippen LogP contribution is -2.39. The van der Waals surface area contributed by atoms with Crippen LogP contribution in [0.15, 0.2) is 34.1 Å². The van der Waals surface area contributed by atoms with Crippen molar-refractivity contribution in [2.24, 2.45) is 5.92 Å². The first kappa shape index (κ1) is 17.4. The minimum Gasteiger partial charge on any atom is -0.352 e. The van der Waals surface area contributed by atoms with Crippen LogP contribution in [-0.4, -0.2) is 32.8 Å². The van der Waals surface area contributed by atoms with Gasteiger partial charge in [0, 0.05) is 43.5 Å². The Morgan fingerprint density at radius 1 is 1.20 bits per heavy atom. The predicted molar refractivity (Wildman–Crippen MR) is 97.0 cm³/mol. The standard InChI is InChI=1S/C18H25N5O2/c1-18(2,3)14-4-5-15(24)23(21-14)12-13-6-10-22(11-7-13)16-17(25)20-9-8-19-16/h4-5,8-9,13H,6-7,10-12H2,1-3H3,(H,20,25). The summed E-state index contributed by atoms with van der Waals surface area (Å²) < 4.78 is 1.59. The van der Waals surface area contributed by atoms with Crippen LogP contribution in [0.3, 0.4) is 0 Å². The molecule has 0 unspecified atom stereocenters. The van der Waals surface area contributed by atoms with Gasteiger partial charge in [0.15, 0.2) is 5.82 Å². The van der Waals surface area contributed by atoms with Crippen LogP contribution in [0.25, 0.3) is 0 Å². The lowest BCUT2D eigenvalue weighted by atomic mass is 9.92. The Kier molecular flexibility index (Phi) is 4.74. The normalized spacial score (nSPS) is 16.2. The van der Waals surface area contributed by atoms with Crippen LogP contribution < -0.4 is 16.0 Å². The van der Waals surface area contributed by atoms with Gasteiger partial charge in [-0.3, -0.25) is 9.59 Å². The second kappa shape index (κ2) is 6.82. The predicted octanol–water partition coefficient (Wildman–Crippen LogP) is 1.54. The molecule has 7 nitrogen and oxygen atoms in total. The van der Waals surface area contributed by atoms with E-state index in [2.05, 4.69) is 35.8 Å². The number of rotatable bonds is 3. The maximum atomic E-state index is 12.1. The molecule has 2 aromatic rings. The molecule has 0 bridgehead atoms. The van der Waals surface area contributed by atoms with Gasteiger partial charge in [0.05, 0.1) is 5.69 Å². The summed E-state index contributed by atoms with van der Waals surface area (Å²) in [4.78, 5) is 32.8. The van der Waals surface area contributed by atoms with Crippen molar-refractivity contribution in [3.8, 4) is 0 Å². The van der Waals surface area contributed by atoms with Crippen LogP contribution in [0, 0.1) is 5.92 Å². The SMILES string of the molecule is CC(C)(C)c1ccc(=O)n(CC2CCN(c3ncc[nH]c3=O)CC2)n1. The van der Waals surface area contributed by atoms with Crippen molar-refractivity contribution in [3.63, 3.8) is 0 Å². The highest BCUT2D eigenvalue weighted by Gasteiger charge is 2.23. The Morgan fingerprint density at radius 3 is 2.56 bits per heavy atom. The van der Waals surface area contributed by atoms with Crippen LogP contribution in [0.5, 0.6) is 0 Å². The van der Waals surface area contributed by atoms with Crippen LogP contribution in [0.1, 0.15) is 39.3 Å². The van der Waals surface area contributed by atoms with Crippen LogP contribution in [-0.2, 0) is 12.0 Å². The fourth-order valence-corrected chi connectivity index (χ4v) is 3.12. The van der Waals surface area contributed by atoms with Gasteiger partial charge in [0.1, 0.15) is 0 Å². The van der Waals surface area contributed by atoms with E-state index in [0.717, 1.165) is 31.6 Å². The molecule has 25 heavy (non-hydrogen) atoms. The van der Waals surface area contributed by atoms with Crippen molar-refractivity contribution in [1.29, 1.82) is 0 Å². The van der Waals surface area contributed by atoms with E-state index in [4.69, 9.17) is 0 Å². The van der Waals surface area contributed by atoms with Crippen molar-refractivity contribution in [2.45, 2.75) is 45.6 Å². The molecular weight excluding hydrogens is 318 g/mol. The molecule has 0 saturated carbocycles. The summed E-state index contributed by atoms with van der Waals surface area (Å²) >= 11 is 0. The summed E-state index contributed by atoms with van der Waals surface area (Å²) in [5.41, 5.74) is 0.622. The van der Waals surface area contributed by atoms with E-state index in [1.165, 1.54) is 0 Å². The number of nitrogens with one attached hydrogen (secondary N) is 1. The Morgan fingerprint density at radius 2 is 1.92 bits per heavy atom. The molecule has 1 aliphatic rings. The maximum absolute atomic E-state index is 12.1. The third-order valence-corrected chi connectivity index (χ3v) is 4.67. The molecule has 1 aliphatic heterocycles. The molecule has 0 atom stereocenters. The fourth-order valence-electron chi connectivity index (χ4n) is 3.12. The first-order valence-corrected chi connectivity index (χ1v) is 8.72. The molecule has 134 valence electrons. The molecule has 2 aromatic heterocycles. The summed E-state index contributed by atoms with van der Waals surface area (Å²) in [5.74, 6) is 0.852. The zero-order chi connectivity index (χ0) is 18.0. The average molecular weight is 343 g/mol. The maximum Gasteiger partial charge on any atom is 0.290 e. The van der Waals surface area contributed by atoms with E-state index in [1.54, 1.807) is 23.1 Å². The number of hydrogen-bond acceptors (Lipinski definition) is 5. The monoisotopic (exact) mass is 343 g/mol. The topological polar surface area (TPSA) is 83.9 Å². The summed E-state index contributed by atoms with van der Waals surface area (Å²) in [5, 5.41) is 4.55. The summed E-state index contributed by atoms with van der Waals surface area (Å²) in [7, 11) is 0. The van der Waals surface area contributed by atoms with Crippen molar-refractivity contribution in [2.75, 3.05) is 18.0 Å². The molecular formula is C18H25N5O2. The van der Waals surface area contributed by atoms with Crippen LogP contribution in [0.2, 0.25) is 0 Å². The van der Waals surface area contributed by atoms with Crippen molar-refractivity contribution in [3.05, 3.63) is 50.9 Å². The summed E-state index contributed by atoms with van der Waals surface area (Å²) in [6, 6.07) is 3.42. The van der Waals surface area contributed by atoms with Gasteiger partial charge in [0.2, 0.25) is 0 Å².